The molecule has 0 aliphatic carbocycles. The Morgan fingerprint density at radius 2 is 1.50 bits per heavy atom. The number of halogens is 1. The highest BCUT2D eigenvalue weighted by molar-refractivity contribution is 7.89. The molecule has 0 spiro atoms. The van der Waals surface area contributed by atoms with Crippen molar-refractivity contribution in [2.45, 2.75) is 18.0 Å². The smallest absolute Gasteiger partial charge is 0.329 e. The van der Waals surface area contributed by atoms with E-state index in [1.807, 2.05) is 30.3 Å². The third kappa shape index (κ3) is 7.16. The topological polar surface area (TPSA) is 121 Å². The lowest BCUT2D eigenvalue weighted by Crippen LogP contribution is -2.32. The van der Waals surface area contributed by atoms with E-state index >= 15 is 0 Å². The van der Waals surface area contributed by atoms with Gasteiger partial charge in [0.05, 0.1) is 17.7 Å². The van der Waals surface area contributed by atoms with E-state index < -0.39 is 21.8 Å². The van der Waals surface area contributed by atoms with Gasteiger partial charge in [0.1, 0.15) is 11.5 Å². The Hall–Kier alpha value is -4.25. The normalized spacial score (nSPS) is 11.5. The van der Waals surface area contributed by atoms with E-state index in [9.17, 15) is 18.0 Å². The quantitative estimate of drug-likeness (QED) is 0.182. The molecule has 0 saturated carbocycles. The number of sulfonamides is 1. The number of nitrogens with zero attached hydrogens (tertiary/aromatic N) is 2. The maximum Gasteiger partial charge on any atom is 0.329 e. The molecule has 0 saturated heterocycles. The van der Waals surface area contributed by atoms with Crippen LogP contribution in [0, 0.1) is 0 Å². The lowest BCUT2D eigenvalue weighted by atomic mass is 10.2. The summed E-state index contributed by atoms with van der Waals surface area (Å²) in [6.45, 7) is 0.0576. The van der Waals surface area contributed by atoms with Crippen LogP contribution in [-0.4, -0.2) is 30.8 Å². The minimum atomic E-state index is -3.89. The van der Waals surface area contributed by atoms with Crippen molar-refractivity contribution in [1.82, 2.24) is 9.73 Å². The van der Waals surface area contributed by atoms with Crippen molar-refractivity contribution in [2.24, 2.45) is 5.10 Å². The maximum atomic E-state index is 13.4. The summed E-state index contributed by atoms with van der Waals surface area (Å²) >= 11 is 5.93. The van der Waals surface area contributed by atoms with Crippen molar-refractivity contribution in [2.75, 3.05) is 5.32 Å². The Morgan fingerprint density at radius 3 is 2.18 bits per heavy atom. The van der Waals surface area contributed by atoms with Crippen molar-refractivity contribution in [3.05, 3.63) is 119 Å². The zero-order valence-corrected chi connectivity index (χ0v) is 21.5. The molecular weight excluding hydrogens is 528 g/mol. The summed E-state index contributed by atoms with van der Waals surface area (Å²) in [5, 5.41) is 6.62. The number of carbonyl (C=O) groups excluding carboxylic acids is 2. The van der Waals surface area contributed by atoms with E-state index in [1.54, 1.807) is 42.5 Å². The van der Waals surface area contributed by atoms with Gasteiger partial charge in [0, 0.05) is 17.3 Å². The third-order valence-corrected chi connectivity index (χ3v) is 7.32. The Balaban J connectivity index is 1.44. The number of benzene rings is 3. The molecule has 2 amide bonds. The predicted molar refractivity (Wildman–Crippen MR) is 144 cm³/mol. The highest BCUT2D eigenvalue weighted by Crippen LogP contribution is 2.23. The molecular formula is C27H23ClN4O5S. The molecule has 3 aromatic carbocycles. The van der Waals surface area contributed by atoms with E-state index in [-0.39, 0.29) is 23.7 Å². The summed E-state index contributed by atoms with van der Waals surface area (Å²) in [6, 6.07) is 26.8. The fourth-order valence-electron chi connectivity index (χ4n) is 3.41. The van der Waals surface area contributed by atoms with Gasteiger partial charge in [0.2, 0.25) is 10.0 Å². The molecule has 0 aliphatic rings. The molecule has 38 heavy (non-hydrogen) atoms. The van der Waals surface area contributed by atoms with E-state index in [4.69, 9.17) is 16.0 Å². The average molecular weight is 551 g/mol. The second-order valence-electron chi connectivity index (χ2n) is 8.04. The lowest BCUT2D eigenvalue weighted by molar-refractivity contribution is -0.136. The first-order valence-electron chi connectivity index (χ1n) is 11.4. The molecule has 0 atom stereocenters. The van der Waals surface area contributed by atoms with Crippen LogP contribution in [0.5, 0.6) is 0 Å². The molecule has 1 aromatic heterocycles. The number of hydrogen-bond acceptors (Lipinski definition) is 6. The van der Waals surface area contributed by atoms with E-state index in [2.05, 4.69) is 15.8 Å². The van der Waals surface area contributed by atoms with Crippen molar-refractivity contribution in [3.63, 3.8) is 0 Å². The standard InChI is InChI=1S/C27H23ClN4O5S/c28-21-11-15-25(16-12-21)38(35,36)32(18-20-7-3-1-4-8-20)19-24-14-13-23(37-24)17-29-31-27(34)26(33)30-22-9-5-2-6-10-22/h1-17H,18-19H2,(H,30,33)(H,31,34)/b29-17+. The number of furan rings is 1. The Bertz CT molecular complexity index is 1520. The molecule has 11 heteroatoms. The molecule has 1 heterocycles. The Morgan fingerprint density at radius 1 is 0.842 bits per heavy atom. The molecule has 0 radical (unpaired) electrons. The molecule has 9 nitrogen and oxygen atoms in total. The zero-order valence-electron chi connectivity index (χ0n) is 20.0. The summed E-state index contributed by atoms with van der Waals surface area (Å²) in [5.41, 5.74) is 3.40. The molecule has 194 valence electrons. The first-order chi connectivity index (χ1) is 18.3. The van der Waals surface area contributed by atoms with Crippen LogP contribution in [-0.2, 0) is 32.7 Å². The van der Waals surface area contributed by atoms with Gasteiger partial charge in [-0.1, -0.05) is 60.1 Å². The summed E-state index contributed by atoms with van der Waals surface area (Å²) < 4.78 is 33.9. The first-order valence-corrected chi connectivity index (χ1v) is 13.2. The molecule has 0 unspecified atom stereocenters. The summed E-state index contributed by atoms with van der Waals surface area (Å²) in [4.78, 5) is 24.0. The van der Waals surface area contributed by atoms with E-state index in [0.717, 1.165) is 5.56 Å². The minimum Gasteiger partial charge on any atom is -0.459 e. The summed E-state index contributed by atoms with van der Waals surface area (Å²) in [6.07, 6.45) is 1.21. The Labute approximate surface area is 224 Å². The van der Waals surface area contributed by atoms with Gasteiger partial charge >= 0.3 is 11.8 Å². The van der Waals surface area contributed by atoms with Gasteiger partial charge in [-0.25, -0.2) is 13.8 Å². The van der Waals surface area contributed by atoms with Gasteiger partial charge in [0.25, 0.3) is 0 Å². The van der Waals surface area contributed by atoms with Crippen molar-refractivity contribution in [1.29, 1.82) is 0 Å². The van der Waals surface area contributed by atoms with Gasteiger partial charge in [-0.3, -0.25) is 9.59 Å². The van der Waals surface area contributed by atoms with E-state index in [0.29, 0.717) is 16.5 Å². The highest BCUT2D eigenvalue weighted by atomic mass is 35.5. The number of nitrogens with one attached hydrogen (secondary N) is 2. The van der Waals surface area contributed by atoms with Gasteiger partial charge in [-0.2, -0.15) is 9.41 Å². The maximum absolute atomic E-state index is 13.4. The van der Waals surface area contributed by atoms with Crippen LogP contribution in [0.2, 0.25) is 5.02 Å². The van der Waals surface area contributed by atoms with Gasteiger partial charge in [-0.05, 0) is 54.1 Å². The second-order valence-corrected chi connectivity index (χ2v) is 10.4. The lowest BCUT2D eigenvalue weighted by Gasteiger charge is -2.21. The molecule has 4 rings (SSSR count). The Kier molecular flexibility index (Phi) is 8.70. The molecule has 0 fully saturated rings. The van der Waals surface area contributed by atoms with Crippen molar-refractivity contribution < 1.29 is 22.4 Å². The van der Waals surface area contributed by atoms with Crippen molar-refractivity contribution in [3.8, 4) is 0 Å². The zero-order chi connectivity index (χ0) is 27.0. The molecule has 2 N–H and O–H groups in total. The monoisotopic (exact) mass is 550 g/mol. The average Bonchev–Trinajstić information content (AvgIpc) is 3.37. The highest BCUT2D eigenvalue weighted by Gasteiger charge is 2.26. The van der Waals surface area contributed by atoms with Crippen LogP contribution in [0.25, 0.3) is 0 Å². The van der Waals surface area contributed by atoms with Gasteiger partial charge in [-0.15, -0.1) is 0 Å². The number of carbonyl (C=O) groups is 2. The molecule has 0 aliphatic heterocycles. The van der Waals surface area contributed by atoms with Gasteiger partial charge in [0.15, 0.2) is 0 Å². The summed E-state index contributed by atoms with van der Waals surface area (Å²) in [7, 11) is -3.89. The fourth-order valence-corrected chi connectivity index (χ4v) is 4.93. The van der Waals surface area contributed by atoms with Crippen LogP contribution in [0.4, 0.5) is 5.69 Å². The number of para-hydroxylation sites is 1. The largest absolute Gasteiger partial charge is 0.459 e. The SMILES string of the molecule is O=C(N/N=C/c1ccc(CN(Cc2ccccc2)S(=O)(=O)c2ccc(Cl)cc2)o1)C(=O)Nc1ccccc1. The number of rotatable bonds is 9. The third-order valence-electron chi connectivity index (χ3n) is 5.26. The van der Waals surface area contributed by atoms with Crippen LogP contribution < -0.4 is 10.7 Å². The van der Waals surface area contributed by atoms with Crippen LogP contribution in [0.15, 0.2) is 111 Å². The summed E-state index contributed by atoms with van der Waals surface area (Å²) in [5.74, 6) is -1.22. The van der Waals surface area contributed by atoms with Crippen molar-refractivity contribution >= 4 is 45.3 Å². The number of amides is 2. The number of anilines is 1. The second kappa shape index (κ2) is 12.3. The van der Waals surface area contributed by atoms with Crippen LogP contribution in [0.1, 0.15) is 17.1 Å². The number of hydrogen-bond donors (Lipinski definition) is 2. The van der Waals surface area contributed by atoms with Gasteiger partial charge < -0.3 is 9.73 Å². The van der Waals surface area contributed by atoms with Crippen LogP contribution >= 0.6 is 11.6 Å². The number of hydrazone groups is 1. The van der Waals surface area contributed by atoms with E-state index in [1.165, 1.54) is 34.8 Å². The molecule has 0 bridgehead atoms. The van der Waals surface area contributed by atoms with Crippen LogP contribution in [0.3, 0.4) is 0 Å². The fraction of sp³-hybridized carbons (Fsp3) is 0.0741. The molecule has 4 aromatic rings. The minimum absolute atomic E-state index is 0.0560. The predicted octanol–water partition coefficient (Wildman–Crippen LogP) is 4.41. The first kappa shape index (κ1) is 26.8.